The van der Waals surface area contributed by atoms with E-state index in [1.54, 1.807) is 0 Å². The van der Waals surface area contributed by atoms with Crippen molar-refractivity contribution in [3.8, 4) is 0 Å². The summed E-state index contributed by atoms with van der Waals surface area (Å²) in [6.45, 7) is 2.17. The van der Waals surface area contributed by atoms with E-state index in [9.17, 15) is 18.0 Å². The quantitative estimate of drug-likeness (QED) is 0.643. The zero-order valence-electron chi connectivity index (χ0n) is 14.8. The van der Waals surface area contributed by atoms with Crippen LogP contribution in [0.3, 0.4) is 0 Å². The fourth-order valence-electron chi connectivity index (χ4n) is 2.49. The molecule has 0 atom stereocenters. The van der Waals surface area contributed by atoms with Gasteiger partial charge < -0.3 is 0 Å². The minimum Gasteiger partial charge on any atom is -0.296 e. The number of hydrogen-bond donors (Lipinski definition) is 1. The summed E-state index contributed by atoms with van der Waals surface area (Å²) < 4.78 is 39.8. The van der Waals surface area contributed by atoms with Gasteiger partial charge in [0.1, 0.15) is 5.01 Å². The van der Waals surface area contributed by atoms with E-state index in [1.807, 2.05) is 0 Å². The van der Waals surface area contributed by atoms with Gasteiger partial charge >= 0.3 is 6.18 Å². The molecule has 0 aliphatic carbocycles. The van der Waals surface area contributed by atoms with Crippen LogP contribution in [-0.2, 0) is 19.6 Å². The van der Waals surface area contributed by atoms with Gasteiger partial charge in [-0.15, -0.1) is 10.2 Å². The molecule has 144 valence electrons. The van der Waals surface area contributed by atoms with Gasteiger partial charge in [0.2, 0.25) is 5.13 Å². The minimum atomic E-state index is -4.70. The number of carbonyl (C=O) groups excluding carboxylic acids is 1. The second-order valence-electron chi connectivity index (χ2n) is 6.04. The van der Waals surface area contributed by atoms with Gasteiger partial charge in [-0.1, -0.05) is 50.4 Å². The predicted molar refractivity (Wildman–Crippen MR) is 93.2 cm³/mol. The van der Waals surface area contributed by atoms with Crippen molar-refractivity contribution in [2.45, 2.75) is 58.0 Å². The lowest BCUT2D eigenvalue weighted by atomic mass is 10.1. The van der Waals surface area contributed by atoms with Gasteiger partial charge in [0.25, 0.3) is 5.91 Å². The summed E-state index contributed by atoms with van der Waals surface area (Å²) in [4.78, 5) is 12.1. The van der Waals surface area contributed by atoms with Gasteiger partial charge in [0.05, 0.1) is 5.56 Å². The summed E-state index contributed by atoms with van der Waals surface area (Å²) in [5.41, 5.74) is -1.75. The van der Waals surface area contributed by atoms with Crippen LogP contribution in [-0.4, -0.2) is 25.9 Å². The molecule has 2 aromatic rings. The average molecular weight is 389 g/mol. The molecule has 0 radical (unpaired) electrons. The van der Waals surface area contributed by atoms with Crippen LogP contribution in [0.4, 0.5) is 18.3 Å². The van der Waals surface area contributed by atoms with E-state index in [-0.39, 0.29) is 5.13 Å². The highest BCUT2D eigenvalue weighted by molar-refractivity contribution is 7.15. The maximum Gasteiger partial charge on any atom is 0.435 e. The van der Waals surface area contributed by atoms with E-state index in [4.69, 9.17) is 0 Å². The fourth-order valence-corrected chi connectivity index (χ4v) is 3.27. The van der Waals surface area contributed by atoms with E-state index >= 15 is 0 Å². The second-order valence-corrected chi connectivity index (χ2v) is 7.10. The first-order valence-corrected chi connectivity index (χ1v) is 9.37. The number of nitrogens with zero attached hydrogens (tertiary/aromatic N) is 4. The number of anilines is 1. The van der Waals surface area contributed by atoms with E-state index in [0.717, 1.165) is 35.1 Å². The number of unbranched alkanes of at least 4 members (excludes halogenated alkanes) is 5. The molecule has 0 fully saturated rings. The topological polar surface area (TPSA) is 72.7 Å². The predicted octanol–water partition coefficient (Wildman–Crippen LogP) is 4.45. The maximum absolute atomic E-state index is 12.9. The van der Waals surface area contributed by atoms with Crippen LogP contribution in [0, 0.1) is 0 Å². The normalized spacial score (nSPS) is 11.7. The summed E-state index contributed by atoms with van der Waals surface area (Å²) in [6.07, 6.45) is 4.02. The number of nitrogens with one attached hydrogen (secondary N) is 1. The van der Waals surface area contributed by atoms with Gasteiger partial charge in [0.15, 0.2) is 5.69 Å². The molecule has 0 aromatic carbocycles. The lowest BCUT2D eigenvalue weighted by molar-refractivity contribution is -0.141. The molecule has 10 heteroatoms. The maximum atomic E-state index is 12.9. The molecule has 1 amide bonds. The van der Waals surface area contributed by atoms with Gasteiger partial charge in [-0.3, -0.25) is 14.8 Å². The number of amides is 1. The summed E-state index contributed by atoms with van der Waals surface area (Å²) >= 11 is 1.18. The molecule has 0 saturated heterocycles. The summed E-state index contributed by atoms with van der Waals surface area (Å²) in [5, 5.41) is 14.5. The van der Waals surface area contributed by atoms with E-state index < -0.39 is 23.3 Å². The van der Waals surface area contributed by atoms with Crippen molar-refractivity contribution in [1.82, 2.24) is 20.0 Å². The van der Waals surface area contributed by atoms with Crippen LogP contribution in [0.5, 0.6) is 0 Å². The van der Waals surface area contributed by atoms with E-state index in [2.05, 4.69) is 27.5 Å². The molecule has 2 rings (SSSR count). The lowest BCUT2D eigenvalue weighted by Crippen LogP contribution is -2.17. The van der Waals surface area contributed by atoms with Crippen LogP contribution in [0.15, 0.2) is 6.20 Å². The van der Waals surface area contributed by atoms with Crippen molar-refractivity contribution in [3.05, 3.63) is 22.5 Å². The summed E-state index contributed by atoms with van der Waals surface area (Å²) in [6, 6.07) is 0. The number of hydrogen-bond acceptors (Lipinski definition) is 5. The Kier molecular flexibility index (Phi) is 7.13. The van der Waals surface area contributed by atoms with Crippen LogP contribution in [0.2, 0.25) is 0 Å². The first-order valence-electron chi connectivity index (χ1n) is 8.55. The number of aryl methyl sites for hydroxylation is 2. The van der Waals surface area contributed by atoms with Crippen molar-refractivity contribution >= 4 is 22.4 Å². The second kappa shape index (κ2) is 9.11. The molecule has 0 unspecified atom stereocenters. The lowest BCUT2D eigenvalue weighted by Gasteiger charge is -2.05. The van der Waals surface area contributed by atoms with Gasteiger partial charge in [-0.2, -0.15) is 18.3 Å². The Balaban J connectivity index is 1.90. The Hall–Kier alpha value is -1.97. The van der Waals surface area contributed by atoms with Gasteiger partial charge in [-0.25, -0.2) is 0 Å². The first-order chi connectivity index (χ1) is 12.3. The Labute approximate surface area is 153 Å². The Bertz CT molecular complexity index is 726. The van der Waals surface area contributed by atoms with Crippen LogP contribution >= 0.6 is 11.3 Å². The van der Waals surface area contributed by atoms with Crippen molar-refractivity contribution < 1.29 is 18.0 Å². The molecular formula is C16H22F3N5OS. The summed E-state index contributed by atoms with van der Waals surface area (Å²) in [5.74, 6) is -0.896. The highest BCUT2D eigenvalue weighted by atomic mass is 32.1. The smallest absolute Gasteiger partial charge is 0.296 e. The fraction of sp³-hybridized carbons (Fsp3) is 0.625. The van der Waals surface area contributed by atoms with E-state index in [1.165, 1.54) is 44.1 Å². The Morgan fingerprint density at radius 1 is 1.19 bits per heavy atom. The van der Waals surface area contributed by atoms with Crippen molar-refractivity contribution in [3.63, 3.8) is 0 Å². The molecule has 2 heterocycles. The number of rotatable bonds is 9. The first kappa shape index (κ1) is 20.3. The van der Waals surface area contributed by atoms with Gasteiger partial charge in [-0.05, 0) is 6.42 Å². The van der Waals surface area contributed by atoms with Crippen LogP contribution in [0.1, 0.15) is 66.5 Å². The van der Waals surface area contributed by atoms with Crippen LogP contribution in [0.25, 0.3) is 0 Å². The Morgan fingerprint density at radius 2 is 1.88 bits per heavy atom. The Morgan fingerprint density at radius 3 is 2.58 bits per heavy atom. The van der Waals surface area contributed by atoms with Gasteiger partial charge in [0, 0.05) is 19.7 Å². The molecule has 0 aliphatic heterocycles. The standard InChI is InChI=1S/C16H22F3N5OS/c1-3-4-5-6-7-8-9-12-21-22-15(26-12)20-14(25)11-10-24(2)23-13(11)16(17,18)19/h10H,3-9H2,1-2H3,(H,20,22,25). The number of carbonyl (C=O) groups is 1. The molecule has 2 aromatic heterocycles. The minimum absolute atomic E-state index is 0.188. The molecule has 0 aliphatic rings. The van der Waals surface area contributed by atoms with Crippen molar-refractivity contribution in [2.75, 3.05) is 5.32 Å². The molecule has 0 saturated carbocycles. The van der Waals surface area contributed by atoms with Crippen molar-refractivity contribution in [2.24, 2.45) is 7.05 Å². The molecule has 1 N–H and O–H groups in total. The molecule has 0 spiro atoms. The highest BCUT2D eigenvalue weighted by Crippen LogP contribution is 2.31. The third kappa shape index (κ3) is 5.79. The number of alkyl halides is 3. The van der Waals surface area contributed by atoms with E-state index in [0.29, 0.717) is 0 Å². The molecule has 6 nitrogen and oxygen atoms in total. The average Bonchev–Trinajstić information content (AvgIpc) is 3.17. The summed E-state index contributed by atoms with van der Waals surface area (Å²) in [7, 11) is 1.33. The van der Waals surface area contributed by atoms with Crippen molar-refractivity contribution in [1.29, 1.82) is 0 Å². The number of aromatic nitrogens is 4. The highest BCUT2D eigenvalue weighted by Gasteiger charge is 2.39. The van der Waals surface area contributed by atoms with Crippen LogP contribution < -0.4 is 5.32 Å². The largest absolute Gasteiger partial charge is 0.435 e. The molecule has 0 bridgehead atoms. The zero-order chi connectivity index (χ0) is 19.2. The third-order valence-electron chi connectivity index (χ3n) is 3.77. The SMILES string of the molecule is CCCCCCCCc1nnc(NC(=O)c2cn(C)nc2C(F)(F)F)s1. The molecule has 26 heavy (non-hydrogen) atoms. The zero-order valence-corrected chi connectivity index (χ0v) is 15.6. The monoisotopic (exact) mass is 389 g/mol. The number of halogens is 3. The third-order valence-corrected chi connectivity index (χ3v) is 4.67. The molecular weight excluding hydrogens is 367 g/mol.